The van der Waals surface area contributed by atoms with Crippen LogP contribution in [0.3, 0.4) is 0 Å². The predicted octanol–water partition coefficient (Wildman–Crippen LogP) is 2.23. The summed E-state index contributed by atoms with van der Waals surface area (Å²) >= 11 is 9.25. The molecule has 96 valence electrons. The van der Waals surface area contributed by atoms with Gasteiger partial charge in [-0.05, 0) is 31.2 Å². The van der Waals surface area contributed by atoms with Crippen molar-refractivity contribution in [1.82, 2.24) is 4.90 Å². The monoisotopic (exact) mass is 280 g/mol. The zero-order valence-corrected chi connectivity index (χ0v) is 12.0. The van der Waals surface area contributed by atoms with Gasteiger partial charge in [-0.3, -0.25) is 4.79 Å². The average molecular weight is 280 g/mol. The van der Waals surface area contributed by atoms with Crippen molar-refractivity contribution in [2.45, 2.75) is 6.92 Å². The van der Waals surface area contributed by atoms with Crippen molar-refractivity contribution in [3.05, 3.63) is 29.8 Å². The topological polar surface area (TPSA) is 23.6 Å². The van der Waals surface area contributed by atoms with Crippen LogP contribution in [0, 0.1) is 0 Å². The van der Waals surface area contributed by atoms with Crippen molar-refractivity contribution in [3.63, 3.8) is 0 Å². The quantitative estimate of drug-likeness (QED) is 0.510. The van der Waals surface area contributed by atoms with Gasteiger partial charge in [0.15, 0.2) is 5.78 Å². The fourth-order valence-electron chi connectivity index (χ4n) is 2.06. The molecule has 1 heterocycles. The van der Waals surface area contributed by atoms with Gasteiger partial charge < -0.3 is 9.80 Å². The zero-order chi connectivity index (χ0) is 13.1. The minimum absolute atomic E-state index is 0.104. The molecule has 1 aromatic carbocycles. The van der Waals surface area contributed by atoms with E-state index in [4.69, 9.17) is 12.2 Å². The van der Waals surface area contributed by atoms with Crippen molar-refractivity contribution < 1.29 is 4.79 Å². The molecule has 1 aromatic rings. The van der Waals surface area contributed by atoms with Gasteiger partial charge in [0.1, 0.15) is 4.32 Å². The summed E-state index contributed by atoms with van der Waals surface area (Å²) in [5.41, 5.74) is 1.92. The molecule has 0 amide bonds. The molecule has 1 saturated heterocycles. The number of piperazine rings is 1. The third kappa shape index (κ3) is 3.03. The lowest BCUT2D eigenvalue weighted by atomic mass is 10.1. The van der Waals surface area contributed by atoms with Crippen LogP contribution < -0.4 is 4.90 Å². The minimum Gasteiger partial charge on any atom is -0.368 e. The number of hydrogen-bond donors (Lipinski definition) is 1. The molecule has 0 radical (unpaired) electrons. The molecule has 3 nitrogen and oxygen atoms in total. The van der Waals surface area contributed by atoms with E-state index in [-0.39, 0.29) is 5.78 Å². The number of carbonyl (C=O) groups excluding carboxylic acids is 1. The van der Waals surface area contributed by atoms with Crippen LogP contribution in [0.4, 0.5) is 5.69 Å². The minimum atomic E-state index is 0.104. The number of anilines is 1. The zero-order valence-electron chi connectivity index (χ0n) is 10.3. The maximum Gasteiger partial charge on any atom is 0.159 e. The van der Waals surface area contributed by atoms with Crippen molar-refractivity contribution in [1.29, 1.82) is 0 Å². The molecule has 0 saturated carbocycles. The lowest BCUT2D eigenvalue weighted by Gasteiger charge is -2.36. The Morgan fingerprint density at radius 2 is 1.72 bits per heavy atom. The van der Waals surface area contributed by atoms with E-state index < -0.39 is 0 Å². The van der Waals surface area contributed by atoms with Crippen LogP contribution in [0.1, 0.15) is 17.3 Å². The number of carbonyl (C=O) groups is 1. The van der Waals surface area contributed by atoms with Crippen LogP contribution in [0.25, 0.3) is 0 Å². The van der Waals surface area contributed by atoms with Crippen LogP contribution in [0.2, 0.25) is 0 Å². The summed E-state index contributed by atoms with van der Waals surface area (Å²) in [7, 11) is 0. The Hall–Kier alpha value is -1.07. The van der Waals surface area contributed by atoms with Crippen LogP contribution in [0.15, 0.2) is 24.3 Å². The molecule has 0 atom stereocenters. The number of thiocarbonyl (C=S) groups is 1. The smallest absolute Gasteiger partial charge is 0.159 e. The first-order valence-corrected chi connectivity index (χ1v) is 6.77. The molecule has 0 aromatic heterocycles. The van der Waals surface area contributed by atoms with E-state index in [0.29, 0.717) is 4.32 Å². The summed E-state index contributed by atoms with van der Waals surface area (Å²) in [6, 6.07) is 7.78. The molecule has 0 bridgehead atoms. The van der Waals surface area contributed by atoms with Gasteiger partial charge in [0.05, 0.1) is 0 Å². The number of thiol groups is 1. The molecule has 1 aliphatic rings. The first kappa shape index (κ1) is 13.4. The van der Waals surface area contributed by atoms with Crippen molar-refractivity contribution in [2.75, 3.05) is 31.1 Å². The summed E-state index contributed by atoms with van der Waals surface area (Å²) in [5, 5.41) is 0. The molecular weight excluding hydrogens is 264 g/mol. The molecule has 0 aliphatic carbocycles. The predicted molar refractivity (Wildman–Crippen MR) is 81.8 cm³/mol. The van der Waals surface area contributed by atoms with Crippen LogP contribution >= 0.6 is 24.8 Å². The Labute approximate surface area is 118 Å². The van der Waals surface area contributed by atoms with Crippen LogP contribution in [-0.2, 0) is 0 Å². The summed E-state index contributed by atoms with van der Waals surface area (Å²) < 4.78 is 0.668. The van der Waals surface area contributed by atoms with Gasteiger partial charge >= 0.3 is 0 Å². The maximum absolute atomic E-state index is 11.2. The lowest BCUT2D eigenvalue weighted by molar-refractivity contribution is 0.101. The number of ketones is 1. The summed E-state index contributed by atoms with van der Waals surface area (Å²) in [6.07, 6.45) is 0. The Morgan fingerprint density at radius 3 is 2.17 bits per heavy atom. The van der Waals surface area contributed by atoms with Gasteiger partial charge in [-0.15, -0.1) is 12.6 Å². The van der Waals surface area contributed by atoms with Crippen LogP contribution in [-0.4, -0.2) is 41.2 Å². The average Bonchev–Trinajstić information content (AvgIpc) is 2.39. The molecule has 18 heavy (non-hydrogen) atoms. The number of benzene rings is 1. The Kier molecular flexibility index (Phi) is 4.24. The second-order valence-electron chi connectivity index (χ2n) is 4.36. The Bertz CT molecular complexity index is 451. The highest BCUT2D eigenvalue weighted by atomic mass is 32.1. The van der Waals surface area contributed by atoms with Crippen LogP contribution in [0.5, 0.6) is 0 Å². The lowest BCUT2D eigenvalue weighted by Crippen LogP contribution is -2.47. The van der Waals surface area contributed by atoms with E-state index in [1.165, 1.54) is 0 Å². The van der Waals surface area contributed by atoms with Gasteiger partial charge in [-0.25, -0.2) is 0 Å². The van der Waals surface area contributed by atoms with E-state index in [1.807, 2.05) is 24.3 Å². The van der Waals surface area contributed by atoms with Gasteiger partial charge in [0.2, 0.25) is 0 Å². The number of Topliss-reactive ketones (excluding diaryl/α,β-unsaturated/α-hetero) is 1. The maximum atomic E-state index is 11.2. The highest BCUT2D eigenvalue weighted by Gasteiger charge is 2.17. The standard InChI is InChI=1S/C13H16N2OS2/c1-10(16)11-2-4-12(5-3-11)14-6-8-15(9-7-14)13(17)18/h2-5H,6-9H2,1H3,(H,17,18). The molecule has 0 unspecified atom stereocenters. The molecule has 1 aliphatic heterocycles. The molecule has 0 spiro atoms. The van der Waals surface area contributed by atoms with Crippen molar-refractivity contribution in [3.8, 4) is 0 Å². The Balaban J connectivity index is 2.01. The largest absolute Gasteiger partial charge is 0.368 e. The fraction of sp³-hybridized carbons (Fsp3) is 0.385. The molecule has 5 heteroatoms. The van der Waals surface area contributed by atoms with E-state index in [2.05, 4.69) is 22.4 Å². The van der Waals surface area contributed by atoms with E-state index in [1.54, 1.807) is 6.92 Å². The highest BCUT2D eigenvalue weighted by Crippen LogP contribution is 2.18. The van der Waals surface area contributed by atoms with Gasteiger partial charge in [-0.1, -0.05) is 12.2 Å². The number of nitrogens with zero attached hydrogens (tertiary/aromatic N) is 2. The first-order chi connectivity index (χ1) is 8.58. The third-order valence-electron chi connectivity index (χ3n) is 3.19. The van der Waals surface area contributed by atoms with E-state index in [0.717, 1.165) is 37.4 Å². The normalized spacial score (nSPS) is 15.7. The fourth-order valence-corrected chi connectivity index (χ4v) is 2.45. The summed E-state index contributed by atoms with van der Waals surface area (Å²) in [6.45, 7) is 5.25. The van der Waals surface area contributed by atoms with Crippen molar-refractivity contribution >= 4 is 40.6 Å². The van der Waals surface area contributed by atoms with E-state index in [9.17, 15) is 4.79 Å². The summed E-state index contributed by atoms with van der Waals surface area (Å²) in [5.74, 6) is 0.104. The molecule has 0 N–H and O–H groups in total. The number of hydrogen-bond acceptors (Lipinski definition) is 3. The second kappa shape index (κ2) is 5.71. The number of rotatable bonds is 2. The molecular formula is C13H16N2OS2. The second-order valence-corrected chi connectivity index (χ2v) is 5.47. The van der Waals surface area contributed by atoms with Gasteiger partial charge in [0, 0.05) is 37.4 Å². The SMILES string of the molecule is CC(=O)c1ccc(N2CCN(C(=S)S)CC2)cc1. The van der Waals surface area contributed by atoms with E-state index >= 15 is 0 Å². The molecule has 1 fully saturated rings. The summed E-state index contributed by atoms with van der Waals surface area (Å²) in [4.78, 5) is 15.6. The molecule has 2 rings (SSSR count). The first-order valence-electron chi connectivity index (χ1n) is 5.92. The van der Waals surface area contributed by atoms with Crippen molar-refractivity contribution in [2.24, 2.45) is 0 Å². The highest BCUT2D eigenvalue weighted by molar-refractivity contribution is 8.10. The van der Waals surface area contributed by atoms with Gasteiger partial charge in [0.25, 0.3) is 0 Å². The van der Waals surface area contributed by atoms with Gasteiger partial charge in [-0.2, -0.15) is 0 Å². The Morgan fingerprint density at radius 1 is 1.17 bits per heavy atom. The third-order valence-corrected chi connectivity index (χ3v) is 3.73.